The SMILES string of the molecule is Clc1nc(-c2ccc3ccccc3c2)c2cccnc2n1.Clc1nc(-c2cccc3ccccc23)c2cccnc2n1. The highest BCUT2D eigenvalue weighted by atomic mass is 35.5. The van der Waals surface area contributed by atoms with Crippen molar-refractivity contribution in [3.05, 3.63) is 132 Å². The maximum Gasteiger partial charge on any atom is 0.225 e. The molecule has 0 aliphatic carbocycles. The molecule has 200 valence electrons. The number of aromatic nitrogens is 6. The monoisotopic (exact) mass is 582 g/mol. The third-order valence-corrected chi connectivity index (χ3v) is 7.29. The van der Waals surface area contributed by atoms with E-state index in [1.807, 2.05) is 66.7 Å². The van der Waals surface area contributed by atoms with E-state index in [1.165, 1.54) is 16.2 Å². The molecule has 0 amide bonds. The highest BCUT2D eigenvalue weighted by molar-refractivity contribution is 6.29. The zero-order chi connectivity index (χ0) is 28.5. The summed E-state index contributed by atoms with van der Waals surface area (Å²) >= 11 is 12.1. The van der Waals surface area contributed by atoms with Gasteiger partial charge in [-0.25, -0.2) is 19.9 Å². The van der Waals surface area contributed by atoms with E-state index in [0.717, 1.165) is 38.7 Å². The summed E-state index contributed by atoms with van der Waals surface area (Å²) in [5, 5.41) is 6.90. The zero-order valence-corrected chi connectivity index (χ0v) is 23.5. The quantitative estimate of drug-likeness (QED) is 0.189. The van der Waals surface area contributed by atoms with Gasteiger partial charge in [-0.3, -0.25) is 0 Å². The van der Waals surface area contributed by atoms with Crippen molar-refractivity contribution in [1.82, 2.24) is 29.9 Å². The summed E-state index contributed by atoms with van der Waals surface area (Å²) in [6.07, 6.45) is 3.41. The van der Waals surface area contributed by atoms with Crippen LogP contribution >= 0.6 is 23.2 Å². The lowest BCUT2D eigenvalue weighted by atomic mass is 10.0. The molecule has 8 aromatic rings. The minimum absolute atomic E-state index is 0.212. The first-order chi connectivity index (χ1) is 20.6. The van der Waals surface area contributed by atoms with Gasteiger partial charge in [0.25, 0.3) is 0 Å². The van der Waals surface area contributed by atoms with Crippen molar-refractivity contribution in [1.29, 1.82) is 0 Å². The van der Waals surface area contributed by atoms with E-state index < -0.39 is 0 Å². The summed E-state index contributed by atoms with van der Waals surface area (Å²) < 4.78 is 0. The summed E-state index contributed by atoms with van der Waals surface area (Å²) in [4.78, 5) is 25.7. The van der Waals surface area contributed by atoms with Crippen LogP contribution in [0.4, 0.5) is 0 Å². The molecular formula is C34H20Cl2N6. The molecule has 0 saturated heterocycles. The normalized spacial score (nSPS) is 11.1. The van der Waals surface area contributed by atoms with E-state index in [0.29, 0.717) is 11.3 Å². The molecule has 8 rings (SSSR count). The summed E-state index contributed by atoms with van der Waals surface area (Å²) in [7, 11) is 0. The molecule has 0 bridgehead atoms. The van der Waals surface area contributed by atoms with Gasteiger partial charge in [-0.1, -0.05) is 78.9 Å². The molecule has 8 heteroatoms. The molecule has 0 spiro atoms. The summed E-state index contributed by atoms with van der Waals surface area (Å²) in [6, 6.07) is 36.5. The maximum absolute atomic E-state index is 6.06. The van der Waals surface area contributed by atoms with Crippen LogP contribution in [0.2, 0.25) is 10.6 Å². The Morgan fingerprint density at radius 3 is 1.74 bits per heavy atom. The van der Waals surface area contributed by atoms with Crippen LogP contribution in [0.5, 0.6) is 0 Å². The van der Waals surface area contributed by atoms with Gasteiger partial charge in [-0.2, -0.15) is 9.97 Å². The standard InChI is InChI=1S/2C17H10ClN3/c18-17-20-15(14-9-4-10-19-16(14)21-17)13-8-3-6-11-5-1-2-7-12(11)13;18-17-20-15(14-6-3-9-19-16(14)21-17)13-8-7-11-4-1-2-5-12(11)10-13/h2*1-10H. The molecule has 0 fully saturated rings. The fraction of sp³-hybridized carbons (Fsp3) is 0. The molecule has 0 N–H and O–H groups in total. The number of halogens is 2. The average molecular weight is 583 g/mol. The van der Waals surface area contributed by atoms with E-state index in [4.69, 9.17) is 23.2 Å². The van der Waals surface area contributed by atoms with E-state index in [-0.39, 0.29) is 10.6 Å². The van der Waals surface area contributed by atoms with Gasteiger partial charge < -0.3 is 0 Å². The zero-order valence-electron chi connectivity index (χ0n) is 22.0. The van der Waals surface area contributed by atoms with Crippen LogP contribution in [-0.2, 0) is 0 Å². The van der Waals surface area contributed by atoms with Crippen LogP contribution in [0.15, 0.2) is 122 Å². The number of hydrogen-bond donors (Lipinski definition) is 0. The van der Waals surface area contributed by atoms with Gasteiger partial charge in [0, 0.05) is 34.3 Å². The number of rotatable bonds is 2. The Labute approximate surface area is 250 Å². The topological polar surface area (TPSA) is 77.3 Å². The van der Waals surface area contributed by atoms with Crippen LogP contribution < -0.4 is 0 Å². The van der Waals surface area contributed by atoms with Crippen molar-refractivity contribution in [2.75, 3.05) is 0 Å². The molecule has 42 heavy (non-hydrogen) atoms. The first-order valence-electron chi connectivity index (χ1n) is 13.2. The molecule has 0 radical (unpaired) electrons. The third-order valence-electron chi connectivity index (χ3n) is 6.96. The molecule has 0 aliphatic rings. The van der Waals surface area contributed by atoms with Crippen molar-refractivity contribution in [3.8, 4) is 22.5 Å². The Balaban J connectivity index is 0.000000137. The first kappa shape index (κ1) is 25.9. The third kappa shape index (κ3) is 4.98. The van der Waals surface area contributed by atoms with Crippen molar-refractivity contribution < 1.29 is 0 Å². The number of nitrogens with zero attached hydrogens (tertiary/aromatic N) is 6. The van der Waals surface area contributed by atoms with E-state index in [9.17, 15) is 0 Å². The lowest BCUT2D eigenvalue weighted by Gasteiger charge is -2.08. The van der Waals surface area contributed by atoms with Crippen molar-refractivity contribution in [3.63, 3.8) is 0 Å². The predicted octanol–water partition coefficient (Wildman–Crippen LogP) is 9.00. The number of pyridine rings is 2. The van der Waals surface area contributed by atoms with Gasteiger partial charge in [0.15, 0.2) is 11.3 Å². The van der Waals surface area contributed by atoms with Crippen molar-refractivity contribution in [2.24, 2.45) is 0 Å². The molecular weight excluding hydrogens is 563 g/mol. The number of hydrogen-bond acceptors (Lipinski definition) is 6. The number of benzene rings is 4. The summed E-state index contributed by atoms with van der Waals surface area (Å²) in [6.45, 7) is 0. The van der Waals surface area contributed by atoms with Crippen LogP contribution in [0, 0.1) is 0 Å². The van der Waals surface area contributed by atoms with Crippen LogP contribution in [-0.4, -0.2) is 29.9 Å². The largest absolute Gasteiger partial charge is 0.236 e. The highest BCUT2D eigenvalue weighted by Gasteiger charge is 2.12. The lowest BCUT2D eigenvalue weighted by molar-refractivity contribution is 1.18. The molecule has 4 aromatic heterocycles. The first-order valence-corrected chi connectivity index (χ1v) is 13.9. The minimum Gasteiger partial charge on any atom is -0.236 e. The fourth-order valence-electron chi connectivity index (χ4n) is 5.07. The highest BCUT2D eigenvalue weighted by Crippen LogP contribution is 2.32. The van der Waals surface area contributed by atoms with Crippen LogP contribution in [0.1, 0.15) is 0 Å². The van der Waals surface area contributed by atoms with Gasteiger partial charge >= 0.3 is 0 Å². The molecule has 4 heterocycles. The number of fused-ring (bicyclic) bond motifs is 4. The molecule has 0 aliphatic heterocycles. The van der Waals surface area contributed by atoms with Gasteiger partial charge in [0.2, 0.25) is 10.6 Å². The van der Waals surface area contributed by atoms with Gasteiger partial charge in [-0.15, -0.1) is 0 Å². The Bertz CT molecular complexity index is 2240. The summed E-state index contributed by atoms with van der Waals surface area (Å²) in [5.74, 6) is 0. The Morgan fingerprint density at radius 1 is 0.429 bits per heavy atom. The van der Waals surface area contributed by atoms with Gasteiger partial charge in [-0.05, 0) is 75.1 Å². The van der Waals surface area contributed by atoms with E-state index in [1.54, 1.807) is 12.4 Å². The molecule has 0 atom stereocenters. The Morgan fingerprint density at radius 2 is 1.00 bits per heavy atom. The lowest BCUT2D eigenvalue weighted by Crippen LogP contribution is -1.93. The molecule has 0 saturated carbocycles. The van der Waals surface area contributed by atoms with E-state index in [2.05, 4.69) is 72.4 Å². The maximum atomic E-state index is 6.06. The Hall–Kier alpha value is -5.04. The summed E-state index contributed by atoms with van der Waals surface area (Å²) in [5.41, 5.74) is 4.89. The second-order valence-corrected chi connectivity index (χ2v) is 10.2. The average Bonchev–Trinajstić information content (AvgIpc) is 3.04. The van der Waals surface area contributed by atoms with Crippen molar-refractivity contribution in [2.45, 2.75) is 0 Å². The second-order valence-electron chi connectivity index (χ2n) is 9.52. The molecule has 4 aromatic carbocycles. The van der Waals surface area contributed by atoms with Crippen molar-refractivity contribution >= 4 is 66.8 Å². The molecule has 0 unspecified atom stereocenters. The second kappa shape index (κ2) is 11.1. The van der Waals surface area contributed by atoms with E-state index >= 15 is 0 Å². The van der Waals surface area contributed by atoms with Crippen LogP contribution in [0.25, 0.3) is 66.1 Å². The van der Waals surface area contributed by atoms with Gasteiger partial charge in [0.1, 0.15) is 0 Å². The smallest absolute Gasteiger partial charge is 0.225 e. The predicted molar refractivity (Wildman–Crippen MR) is 171 cm³/mol. The van der Waals surface area contributed by atoms with Gasteiger partial charge in [0.05, 0.1) is 11.4 Å². The fourth-order valence-corrected chi connectivity index (χ4v) is 5.39. The minimum atomic E-state index is 0.212. The van der Waals surface area contributed by atoms with Crippen LogP contribution in [0.3, 0.4) is 0 Å². The molecule has 6 nitrogen and oxygen atoms in total. The Kier molecular flexibility index (Phi) is 6.84.